The van der Waals surface area contributed by atoms with Crippen molar-refractivity contribution in [2.24, 2.45) is 0 Å². The predicted molar refractivity (Wildman–Crippen MR) is 78.9 cm³/mol. The molecule has 0 fully saturated rings. The Morgan fingerprint density at radius 1 is 0.737 bits per heavy atom. The first kappa shape index (κ1) is 24.4. The Balaban J connectivity index is -0.000000256. The van der Waals surface area contributed by atoms with Crippen molar-refractivity contribution in [2.75, 3.05) is 26.2 Å². The van der Waals surface area contributed by atoms with Gasteiger partial charge in [-0.05, 0) is 65.7 Å². The molecule has 0 aromatic carbocycles. The fourth-order valence-electron chi connectivity index (χ4n) is 1.23. The first-order valence-electron chi connectivity index (χ1n) is 7.32. The van der Waals surface area contributed by atoms with Gasteiger partial charge in [0.2, 0.25) is 0 Å². The molecule has 0 rings (SSSR count). The van der Waals surface area contributed by atoms with Crippen LogP contribution in [-0.4, -0.2) is 48.6 Å². The van der Waals surface area contributed by atoms with Crippen molar-refractivity contribution < 1.29 is 27.3 Å². The molecule has 0 aromatic heterocycles. The molecular weight excluding hydrogens is 292 g/mol. The van der Waals surface area contributed by atoms with Gasteiger partial charge in [-0.3, -0.25) is 0 Å². The summed E-state index contributed by atoms with van der Waals surface area (Å²) in [4.78, 5) is 0. The monoisotopic (exact) mass is 325 g/mol. The topological polar surface area (TPSA) is 64.5 Å². The van der Waals surface area contributed by atoms with Crippen LogP contribution in [-0.2, 0) is 17.1 Å². The van der Waals surface area contributed by atoms with E-state index in [2.05, 4.69) is 24.5 Å². The second kappa shape index (κ2) is 20.7. The van der Waals surface area contributed by atoms with Gasteiger partial charge in [-0.25, -0.2) is 0 Å². The van der Waals surface area contributed by atoms with E-state index >= 15 is 0 Å². The van der Waals surface area contributed by atoms with Gasteiger partial charge in [0, 0.05) is 17.1 Å². The van der Waals surface area contributed by atoms with Crippen LogP contribution in [0.4, 0.5) is 0 Å². The number of nitrogens with one attached hydrogen (secondary N) is 2. The molecule has 19 heavy (non-hydrogen) atoms. The number of aliphatic hydroxyl groups excluding tert-OH is 2. The molecular formula is C14H34CuN2O2. The zero-order chi connectivity index (χ0) is 14.2. The van der Waals surface area contributed by atoms with Crippen LogP contribution in [0.15, 0.2) is 0 Å². The summed E-state index contributed by atoms with van der Waals surface area (Å²) < 4.78 is 0. The van der Waals surface area contributed by atoms with Crippen molar-refractivity contribution in [3.05, 3.63) is 0 Å². The van der Waals surface area contributed by atoms with Crippen LogP contribution in [0.2, 0.25) is 0 Å². The van der Waals surface area contributed by atoms with E-state index in [0.717, 1.165) is 39.0 Å². The van der Waals surface area contributed by atoms with E-state index in [1.807, 2.05) is 13.8 Å². The summed E-state index contributed by atoms with van der Waals surface area (Å²) >= 11 is 0. The first-order chi connectivity index (χ1) is 8.54. The van der Waals surface area contributed by atoms with Crippen LogP contribution in [0, 0.1) is 0 Å². The van der Waals surface area contributed by atoms with E-state index in [4.69, 9.17) is 10.2 Å². The van der Waals surface area contributed by atoms with Gasteiger partial charge in [-0.15, -0.1) is 0 Å². The maximum absolute atomic E-state index is 8.81. The number of aliphatic hydroxyl groups is 2. The normalized spacial score (nSPS) is 12.9. The molecule has 0 aliphatic carbocycles. The van der Waals surface area contributed by atoms with Crippen molar-refractivity contribution in [1.29, 1.82) is 0 Å². The largest absolute Gasteiger partial charge is 0.393 e. The van der Waals surface area contributed by atoms with Gasteiger partial charge in [0.25, 0.3) is 0 Å². The summed E-state index contributed by atoms with van der Waals surface area (Å²) in [6.07, 6.45) is 3.74. The fraction of sp³-hybridized carbons (Fsp3) is 1.00. The van der Waals surface area contributed by atoms with Gasteiger partial charge in [0.1, 0.15) is 0 Å². The van der Waals surface area contributed by atoms with Crippen LogP contribution in [0.3, 0.4) is 0 Å². The van der Waals surface area contributed by atoms with Gasteiger partial charge in [-0.1, -0.05) is 13.8 Å². The quantitative estimate of drug-likeness (QED) is 0.363. The third kappa shape index (κ3) is 32.2. The van der Waals surface area contributed by atoms with Gasteiger partial charge >= 0.3 is 0 Å². The maximum atomic E-state index is 8.81. The van der Waals surface area contributed by atoms with E-state index < -0.39 is 0 Å². The predicted octanol–water partition coefficient (Wildman–Crippen LogP) is 1.51. The summed E-state index contributed by atoms with van der Waals surface area (Å²) in [5, 5.41) is 24.0. The molecule has 0 aromatic rings. The van der Waals surface area contributed by atoms with Gasteiger partial charge in [0.05, 0.1) is 12.2 Å². The molecule has 0 bridgehead atoms. The Hall–Kier alpha value is 0.359. The minimum Gasteiger partial charge on any atom is -0.393 e. The number of rotatable bonds is 10. The molecule has 0 amide bonds. The summed E-state index contributed by atoms with van der Waals surface area (Å²) in [6, 6.07) is 0. The summed E-state index contributed by atoms with van der Waals surface area (Å²) in [5.41, 5.74) is 0. The van der Waals surface area contributed by atoms with E-state index in [0.29, 0.717) is 0 Å². The molecule has 2 unspecified atom stereocenters. The van der Waals surface area contributed by atoms with Crippen molar-refractivity contribution in [1.82, 2.24) is 10.6 Å². The van der Waals surface area contributed by atoms with Gasteiger partial charge in [0.15, 0.2) is 0 Å². The molecule has 123 valence electrons. The molecule has 0 saturated heterocycles. The van der Waals surface area contributed by atoms with Crippen LogP contribution >= 0.6 is 0 Å². The van der Waals surface area contributed by atoms with Crippen molar-refractivity contribution in [3.8, 4) is 0 Å². The third-order valence-electron chi connectivity index (χ3n) is 2.33. The second-order valence-electron chi connectivity index (χ2n) is 4.78. The molecule has 4 nitrogen and oxygen atoms in total. The zero-order valence-corrected chi connectivity index (χ0v) is 13.9. The molecule has 1 radical (unpaired) electrons. The Kier molecular flexibility index (Phi) is 26.5. The minimum atomic E-state index is -0.158. The third-order valence-corrected chi connectivity index (χ3v) is 2.33. The summed E-state index contributed by atoms with van der Waals surface area (Å²) in [6.45, 7) is 11.9. The van der Waals surface area contributed by atoms with Crippen molar-refractivity contribution >= 4 is 0 Å². The molecule has 0 aliphatic rings. The summed E-state index contributed by atoms with van der Waals surface area (Å²) in [5.74, 6) is 0. The van der Waals surface area contributed by atoms with Crippen molar-refractivity contribution in [3.63, 3.8) is 0 Å². The molecule has 4 N–H and O–H groups in total. The first-order valence-corrected chi connectivity index (χ1v) is 7.32. The van der Waals surface area contributed by atoms with Crippen LogP contribution in [0.5, 0.6) is 0 Å². The maximum Gasteiger partial charge on any atom is 0.0524 e. The molecule has 5 heteroatoms. The average molecular weight is 326 g/mol. The van der Waals surface area contributed by atoms with Crippen molar-refractivity contribution in [2.45, 2.75) is 65.6 Å². The molecule has 0 aliphatic heterocycles. The van der Waals surface area contributed by atoms with Gasteiger partial charge in [-0.2, -0.15) is 0 Å². The number of hydrogen-bond donors (Lipinski definition) is 4. The van der Waals surface area contributed by atoms with E-state index in [1.54, 1.807) is 0 Å². The molecule has 0 heterocycles. The Bertz CT molecular complexity index is 131. The number of hydrogen-bond acceptors (Lipinski definition) is 4. The van der Waals surface area contributed by atoms with Gasteiger partial charge < -0.3 is 20.8 Å². The minimum absolute atomic E-state index is 0. The smallest absolute Gasteiger partial charge is 0.0524 e. The average Bonchev–Trinajstić information content (AvgIpc) is 2.31. The Morgan fingerprint density at radius 3 is 1.26 bits per heavy atom. The molecule has 0 saturated carbocycles. The van der Waals surface area contributed by atoms with Crippen LogP contribution < -0.4 is 10.6 Å². The second-order valence-corrected chi connectivity index (χ2v) is 4.78. The Labute approximate surface area is 130 Å². The standard InChI is InChI=1S/2C7H17NO.Cu/c2*1-3-5-8-6-4-7(2)9;/h2*7-9H,3-6H2,1-2H3;. The van der Waals surface area contributed by atoms with E-state index in [-0.39, 0.29) is 29.3 Å². The Morgan fingerprint density at radius 2 is 1.05 bits per heavy atom. The molecule has 0 spiro atoms. The fourth-order valence-corrected chi connectivity index (χ4v) is 1.23. The zero-order valence-electron chi connectivity index (χ0n) is 13.0. The van der Waals surface area contributed by atoms with E-state index in [9.17, 15) is 0 Å². The SMILES string of the molecule is CCCNCCC(C)O.CCCNCCC(C)O.[Cu]. The van der Waals surface area contributed by atoms with Crippen LogP contribution in [0.1, 0.15) is 53.4 Å². The van der Waals surface area contributed by atoms with E-state index in [1.165, 1.54) is 12.8 Å². The van der Waals surface area contributed by atoms with Crippen LogP contribution in [0.25, 0.3) is 0 Å². The molecule has 2 atom stereocenters. The summed E-state index contributed by atoms with van der Waals surface area (Å²) in [7, 11) is 0.